The van der Waals surface area contributed by atoms with Crippen LogP contribution >= 0.6 is 0 Å². The molecule has 0 spiro atoms. The van der Waals surface area contributed by atoms with Gasteiger partial charge in [0.2, 0.25) is 0 Å². The molecule has 0 aliphatic heterocycles. The van der Waals surface area contributed by atoms with Crippen LogP contribution in [0.1, 0.15) is 30.1 Å². The Morgan fingerprint density at radius 3 is 2.95 bits per heavy atom. The van der Waals surface area contributed by atoms with Crippen LogP contribution in [0.3, 0.4) is 0 Å². The highest BCUT2D eigenvalue weighted by atomic mass is 19.1. The number of nitrogens with zero attached hydrogens (tertiary/aromatic N) is 1. The zero-order valence-corrected chi connectivity index (χ0v) is 11.3. The van der Waals surface area contributed by atoms with E-state index in [1.54, 1.807) is 7.11 Å². The Kier molecular flexibility index (Phi) is 6.81. The summed E-state index contributed by atoms with van der Waals surface area (Å²) in [6.45, 7) is 3.74. The van der Waals surface area contributed by atoms with Crippen molar-refractivity contribution in [2.75, 3.05) is 32.1 Å². The number of hydrogen-bond donors (Lipinski definition) is 2. The fraction of sp³-hybridized carbons (Fsp3) is 0.538. The first-order valence-corrected chi connectivity index (χ1v) is 6.35. The van der Waals surface area contributed by atoms with Crippen LogP contribution in [0, 0.1) is 5.82 Å². The highest BCUT2D eigenvalue weighted by Gasteiger charge is 2.13. The molecule has 0 unspecified atom stereocenters. The minimum atomic E-state index is -0.524. The molecule has 1 aromatic heterocycles. The number of hydrogen-bond acceptors (Lipinski definition) is 4. The summed E-state index contributed by atoms with van der Waals surface area (Å²) in [5.74, 6) is -0.446. The van der Waals surface area contributed by atoms with Crippen molar-refractivity contribution in [3.05, 3.63) is 23.6 Å². The molecule has 0 fully saturated rings. The van der Waals surface area contributed by atoms with Gasteiger partial charge in [0.15, 0.2) is 0 Å². The topological polar surface area (TPSA) is 63.2 Å². The second-order valence-corrected chi connectivity index (χ2v) is 4.08. The van der Waals surface area contributed by atoms with E-state index in [-0.39, 0.29) is 11.5 Å². The van der Waals surface area contributed by atoms with Crippen molar-refractivity contribution < 1.29 is 13.9 Å². The normalized spacial score (nSPS) is 10.3. The van der Waals surface area contributed by atoms with Crippen molar-refractivity contribution in [2.45, 2.75) is 19.8 Å². The summed E-state index contributed by atoms with van der Waals surface area (Å²) in [4.78, 5) is 15.9. The molecule has 106 valence electrons. The van der Waals surface area contributed by atoms with Crippen LogP contribution in [0.25, 0.3) is 0 Å². The van der Waals surface area contributed by atoms with Gasteiger partial charge < -0.3 is 15.4 Å². The number of methoxy groups -OCH3 is 1. The molecule has 0 aliphatic rings. The van der Waals surface area contributed by atoms with Crippen LogP contribution < -0.4 is 10.6 Å². The number of carbonyl (C=O) groups excluding carboxylic acids is 1. The summed E-state index contributed by atoms with van der Waals surface area (Å²) < 4.78 is 18.1. The maximum atomic E-state index is 13.2. The lowest BCUT2D eigenvalue weighted by atomic mass is 10.2. The third-order valence-electron chi connectivity index (χ3n) is 2.45. The Hall–Kier alpha value is -1.69. The first-order valence-electron chi connectivity index (χ1n) is 6.35. The van der Waals surface area contributed by atoms with Crippen LogP contribution in [0.15, 0.2) is 12.3 Å². The summed E-state index contributed by atoms with van der Waals surface area (Å²) in [5, 5.41) is 5.72. The standard InChI is InChI=1S/C13H20FN3O2/c1-3-5-15-12-11(8-10(14)9-17-12)13(18)16-6-4-7-19-2/h8-9H,3-7H2,1-2H3,(H,15,17)(H,16,18). The van der Waals surface area contributed by atoms with Gasteiger partial charge in [-0.05, 0) is 18.9 Å². The van der Waals surface area contributed by atoms with Crippen LogP contribution in [-0.2, 0) is 4.74 Å². The lowest BCUT2D eigenvalue weighted by Gasteiger charge is -2.10. The van der Waals surface area contributed by atoms with Gasteiger partial charge in [-0.1, -0.05) is 6.92 Å². The fourth-order valence-corrected chi connectivity index (χ4v) is 1.51. The van der Waals surface area contributed by atoms with E-state index >= 15 is 0 Å². The van der Waals surface area contributed by atoms with Crippen molar-refractivity contribution in [3.63, 3.8) is 0 Å². The lowest BCUT2D eigenvalue weighted by molar-refractivity contribution is 0.0948. The van der Waals surface area contributed by atoms with E-state index in [2.05, 4.69) is 15.6 Å². The molecular weight excluding hydrogens is 249 g/mol. The van der Waals surface area contributed by atoms with Gasteiger partial charge in [0.25, 0.3) is 5.91 Å². The summed E-state index contributed by atoms with van der Waals surface area (Å²) in [6.07, 6.45) is 2.70. The molecular formula is C13H20FN3O2. The Morgan fingerprint density at radius 2 is 2.26 bits per heavy atom. The monoisotopic (exact) mass is 269 g/mol. The van der Waals surface area contributed by atoms with Crippen molar-refractivity contribution in [3.8, 4) is 0 Å². The van der Waals surface area contributed by atoms with E-state index in [4.69, 9.17) is 4.74 Å². The molecule has 0 aliphatic carbocycles. The number of aromatic nitrogens is 1. The van der Waals surface area contributed by atoms with E-state index in [1.807, 2.05) is 6.92 Å². The largest absolute Gasteiger partial charge is 0.385 e. The zero-order chi connectivity index (χ0) is 14.1. The van der Waals surface area contributed by atoms with Crippen LogP contribution in [0.4, 0.5) is 10.2 Å². The molecule has 5 nitrogen and oxygen atoms in total. The van der Waals surface area contributed by atoms with Crippen molar-refractivity contribution in [2.24, 2.45) is 0 Å². The zero-order valence-electron chi connectivity index (χ0n) is 11.3. The molecule has 19 heavy (non-hydrogen) atoms. The second-order valence-electron chi connectivity index (χ2n) is 4.08. The van der Waals surface area contributed by atoms with Crippen molar-refractivity contribution >= 4 is 11.7 Å². The number of nitrogens with one attached hydrogen (secondary N) is 2. The molecule has 1 heterocycles. The van der Waals surface area contributed by atoms with E-state index in [1.165, 1.54) is 6.07 Å². The molecule has 1 amide bonds. The Labute approximate surface area is 112 Å². The molecule has 0 bridgehead atoms. The number of amides is 1. The number of rotatable bonds is 8. The number of carbonyl (C=O) groups is 1. The van der Waals surface area contributed by atoms with E-state index in [0.717, 1.165) is 12.6 Å². The van der Waals surface area contributed by atoms with Gasteiger partial charge in [0.05, 0.1) is 11.8 Å². The number of ether oxygens (including phenoxy) is 1. The third-order valence-corrected chi connectivity index (χ3v) is 2.45. The first-order chi connectivity index (χ1) is 9.19. The van der Waals surface area contributed by atoms with Crippen LogP contribution in [0.5, 0.6) is 0 Å². The van der Waals surface area contributed by atoms with E-state index < -0.39 is 5.82 Å². The van der Waals surface area contributed by atoms with Gasteiger partial charge in [-0.2, -0.15) is 0 Å². The molecule has 0 atom stereocenters. The van der Waals surface area contributed by atoms with Gasteiger partial charge in [0, 0.05) is 26.8 Å². The number of pyridine rings is 1. The fourth-order valence-electron chi connectivity index (χ4n) is 1.51. The molecule has 6 heteroatoms. The molecule has 0 radical (unpaired) electrons. The lowest BCUT2D eigenvalue weighted by Crippen LogP contribution is -2.26. The number of halogens is 1. The highest BCUT2D eigenvalue weighted by molar-refractivity contribution is 5.98. The van der Waals surface area contributed by atoms with Crippen LogP contribution in [0.2, 0.25) is 0 Å². The molecule has 0 aromatic carbocycles. The first kappa shape index (κ1) is 15.4. The second kappa shape index (κ2) is 8.42. The van der Waals surface area contributed by atoms with Gasteiger partial charge in [-0.15, -0.1) is 0 Å². The summed E-state index contributed by atoms with van der Waals surface area (Å²) in [7, 11) is 1.60. The van der Waals surface area contributed by atoms with E-state index in [0.29, 0.717) is 31.9 Å². The summed E-state index contributed by atoms with van der Waals surface area (Å²) in [6, 6.07) is 1.19. The van der Waals surface area contributed by atoms with Crippen molar-refractivity contribution in [1.82, 2.24) is 10.3 Å². The van der Waals surface area contributed by atoms with Gasteiger partial charge in [0.1, 0.15) is 11.6 Å². The molecule has 1 aromatic rings. The molecule has 1 rings (SSSR count). The summed E-state index contributed by atoms with van der Waals surface area (Å²) >= 11 is 0. The maximum Gasteiger partial charge on any atom is 0.255 e. The quantitative estimate of drug-likeness (QED) is 0.706. The minimum Gasteiger partial charge on any atom is -0.385 e. The Morgan fingerprint density at radius 1 is 1.47 bits per heavy atom. The molecule has 0 saturated carbocycles. The SMILES string of the molecule is CCCNc1ncc(F)cc1C(=O)NCCCOC. The maximum absolute atomic E-state index is 13.2. The summed E-state index contributed by atoms with van der Waals surface area (Å²) in [5.41, 5.74) is 0.228. The predicted molar refractivity (Wildman–Crippen MR) is 71.8 cm³/mol. The van der Waals surface area contributed by atoms with Gasteiger partial charge in [-0.25, -0.2) is 9.37 Å². The average Bonchev–Trinajstić information content (AvgIpc) is 2.42. The smallest absolute Gasteiger partial charge is 0.255 e. The Bertz CT molecular complexity index is 413. The Balaban J connectivity index is 2.67. The predicted octanol–water partition coefficient (Wildman–Crippen LogP) is 1.81. The highest BCUT2D eigenvalue weighted by Crippen LogP contribution is 2.13. The van der Waals surface area contributed by atoms with Crippen LogP contribution in [-0.4, -0.2) is 37.7 Å². The van der Waals surface area contributed by atoms with E-state index in [9.17, 15) is 9.18 Å². The molecule has 2 N–H and O–H groups in total. The molecule has 0 saturated heterocycles. The number of anilines is 1. The van der Waals surface area contributed by atoms with Gasteiger partial charge >= 0.3 is 0 Å². The van der Waals surface area contributed by atoms with Crippen molar-refractivity contribution in [1.29, 1.82) is 0 Å². The average molecular weight is 269 g/mol. The van der Waals surface area contributed by atoms with Gasteiger partial charge in [-0.3, -0.25) is 4.79 Å². The minimum absolute atomic E-state index is 0.228. The third kappa shape index (κ3) is 5.21.